The molecule has 0 spiro atoms. The number of pyridine rings is 1. The van der Waals surface area contributed by atoms with Crippen molar-refractivity contribution >= 4 is 5.91 Å². The Morgan fingerprint density at radius 1 is 1.33 bits per heavy atom. The molecule has 27 heavy (non-hydrogen) atoms. The molecule has 2 aromatic heterocycles. The maximum absolute atomic E-state index is 12.7. The second-order valence-corrected chi connectivity index (χ2v) is 7.68. The maximum atomic E-state index is 12.7. The van der Waals surface area contributed by atoms with Gasteiger partial charge in [0.05, 0.1) is 12.6 Å². The van der Waals surface area contributed by atoms with E-state index in [-0.39, 0.29) is 5.91 Å². The number of amides is 1. The predicted octanol–water partition coefficient (Wildman–Crippen LogP) is 2.60. The van der Waals surface area contributed by atoms with E-state index in [2.05, 4.69) is 28.1 Å². The summed E-state index contributed by atoms with van der Waals surface area (Å²) in [6, 6.07) is 4.28. The molecule has 146 valence electrons. The number of carbonyl (C=O) groups is 1. The zero-order chi connectivity index (χ0) is 19.4. The van der Waals surface area contributed by atoms with E-state index in [1.807, 2.05) is 48.9 Å². The molecular weight excluding hydrogens is 338 g/mol. The van der Waals surface area contributed by atoms with Gasteiger partial charge in [-0.25, -0.2) is 0 Å². The van der Waals surface area contributed by atoms with Crippen molar-refractivity contribution in [2.45, 2.75) is 39.2 Å². The van der Waals surface area contributed by atoms with E-state index in [1.165, 1.54) is 12.0 Å². The van der Waals surface area contributed by atoms with Gasteiger partial charge in [-0.15, -0.1) is 0 Å². The van der Waals surface area contributed by atoms with Crippen molar-refractivity contribution in [3.8, 4) is 0 Å². The Hall–Kier alpha value is -2.21. The van der Waals surface area contributed by atoms with Gasteiger partial charge in [0.2, 0.25) is 5.91 Å². The molecule has 0 aromatic carbocycles. The fourth-order valence-corrected chi connectivity index (χ4v) is 4.14. The van der Waals surface area contributed by atoms with Crippen molar-refractivity contribution < 1.29 is 4.79 Å². The second kappa shape index (κ2) is 8.65. The van der Waals surface area contributed by atoms with Crippen molar-refractivity contribution in [1.82, 2.24) is 24.6 Å². The summed E-state index contributed by atoms with van der Waals surface area (Å²) in [4.78, 5) is 21.5. The number of aromatic nitrogens is 3. The van der Waals surface area contributed by atoms with Crippen LogP contribution in [0, 0.1) is 12.8 Å². The van der Waals surface area contributed by atoms with Gasteiger partial charge in [0.15, 0.2) is 0 Å². The minimum atomic E-state index is 0.152. The number of piperidine rings is 1. The highest BCUT2D eigenvalue weighted by atomic mass is 16.2. The molecule has 0 bridgehead atoms. The first kappa shape index (κ1) is 19.5. The molecule has 0 radical (unpaired) electrons. The molecule has 1 aliphatic heterocycles. The van der Waals surface area contributed by atoms with Crippen molar-refractivity contribution in [3.63, 3.8) is 0 Å². The van der Waals surface area contributed by atoms with Crippen LogP contribution in [0.25, 0.3) is 0 Å². The van der Waals surface area contributed by atoms with Crippen molar-refractivity contribution in [3.05, 3.63) is 47.5 Å². The summed E-state index contributed by atoms with van der Waals surface area (Å²) in [5.41, 5.74) is 3.20. The van der Waals surface area contributed by atoms with Crippen LogP contribution in [-0.2, 0) is 18.3 Å². The lowest BCUT2D eigenvalue weighted by Gasteiger charge is -2.42. The van der Waals surface area contributed by atoms with Crippen molar-refractivity contribution in [2.75, 3.05) is 26.7 Å². The topological polar surface area (TPSA) is 54.3 Å². The van der Waals surface area contributed by atoms with Gasteiger partial charge in [-0.2, -0.15) is 5.10 Å². The molecule has 0 unspecified atom stereocenters. The normalized spacial score (nSPS) is 20.6. The molecule has 6 heteroatoms. The molecule has 6 nitrogen and oxygen atoms in total. The molecule has 3 heterocycles. The SMILES string of the molecule is CCN1CCC[C@@H](CN(C)C(=O)Cc2ccc(C)nc2)[C@@H]1c1cnn(C)c1. The highest BCUT2D eigenvalue weighted by molar-refractivity contribution is 5.78. The fourth-order valence-electron chi connectivity index (χ4n) is 4.14. The molecule has 3 rings (SSSR count). The predicted molar refractivity (Wildman–Crippen MR) is 106 cm³/mol. The van der Waals surface area contributed by atoms with E-state index in [9.17, 15) is 4.79 Å². The zero-order valence-corrected chi connectivity index (χ0v) is 16.9. The molecule has 2 aromatic rings. The lowest BCUT2D eigenvalue weighted by Crippen LogP contribution is -2.44. The number of aryl methyl sites for hydroxylation is 2. The Balaban J connectivity index is 1.69. The van der Waals surface area contributed by atoms with Gasteiger partial charge in [0, 0.05) is 50.3 Å². The van der Waals surface area contributed by atoms with Gasteiger partial charge in [0.1, 0.15) is 0 Å². The lowest BCUT2D eigenvalue weighted by molar-refractivity contribution is -0.130. The van der Waals surface area contributed by atoms with Gasteiger partial charge >= 0.3 is 0 Å². The Morgan fingerprint density at radius 2 is 2.15 bits per heavy atom. The first-order chi connectivity index (χ1) is 13.0. The van der Waals surface area contributed by atoms with E-state index in [0.29, 0.717) is 18.4 Å². The Kier molecular flexibility index (Phi) is 6.26. The van der Waals surface area contributed by atoms with E-state index in [4.69, 9.17) is 0 Å². The largest absolute Gasteiger partial charge is 0.345 e. The van der Waals surface area contributed by atoms with E-state index in [0.717, 1.165) is 37.3 Å². The molecule has 2 atom stereocenters. The fraction of sp³-hybridized carbons (Fsp3) is 0.571. The zero-order valence-electron chi connectivity index (χ0n) is 16.9. The molecule has 0 N–H and O–H groups in total. The number of hydrogen-bond acceptors (Lipinski definition) is 4. The van der Waals surface area contributed by atoms with Crippen molar-refractivity contribution in [2.24, 2.45) is 13.0 Å². The molecule has 1 fully saturated rings. The van der Waals surface area contributed by atoms with E-state index < -0.39 is 0 Å². The van der Waals surface area contributed by atoms with Crippen LogP contribution in [0.4, 0.5) is 0 Å². The third-order valence-corrected chi connectivity index (χ3v) is 5.59. The molecule has 1 amide bonds. The third-order valence-electron chi connectivity index (χ3n) is 5.59. The summed E-state index contributed by atoms with van der Waals surface area (Å²) in [5.74, 6) is 0.576. The minimum absolute atomic E-state index is 0.152. The number of nitrogens with zero attached hydrogens (tertiary/aromatic N) is 5. The Bertz CT molecular complexity index is 754. The summed E-state index contributed by atoms with van der Waals surface area (Å²) < 4.78 is 1.87. The molecule has 1 aliphatic rings. The quantitative estimate of drug-likeness (QED) is 0.785. The summed E-state index contributed by atoms with van der Waals surface area (Å²) >= 11 is 0. The monoisotopic (exact) mass is 369 g/mol. The average Bonchev–Trinajstić information content (AvgIpc) is 3.09. The van der Waals surface area contributed by atoms with E-state index in [1.54, 1.807) is 6.20 Å². The lowest BCUT2D eigenvalue weighted by atomic mass is 9.85. The third kappa shape index (κ3) is 4.75. The highest BCUT2D eigenvalue weighted by Gasteiger charge is 2.33. The average molecular weight is 370 g/mol. The molecule has 1 saturated heterocycles. The number of rotatable bonds is 6. The number of likely N-dealkylation sites (N-methyl/N-ethyl adjacent to an activating group) is 1. The van der Waals surface area contributed by atoms with Crippen LogP contribution >= 0.6 is 0 Å². The van der Waals surface area contributed by atoms with Crippen LogP contribution in [0.5, 0.6) is 0 Å². The van der Waals surface area contributed by atoms with Gasteiger partial charge in [0.25, 0.3) is 0 Å². The van der Waals surface area contributed by atoms with Crippen LogP contribution in [0.1, 0.15) is 42.6 Å². The molecular formula is C21H31N5O. The van der Waals surface area contributed by atoms with Gasteiger partial charge in [-0.1, -0.05) is 13.0 Å². The Morgan fingerprint density at radius 3 is 2.78 bits per heavy atom. The smallest absolute Gasteiger partial charge is 0.226 e. The minimum Gasteiger partial charge on any atom is -0.345 e. The standard InChI is InChI=1S/C21H31N5O/c1-5-26-10-6-7-18(21(26)19-13-23-25(4)15-19)14-24(3)20(27)11-17-9-8-16(2)22-12-17/h8-9,12-13,15,18,21H,5-7,10-11,14H2,1-4H3/t18-,21+/m0/s1. The number of hydrogen-bond donors (Lipinski definition) is 0. The summed E-state index contributed by atoms with van der Waals surface area (Å²) in [6.07, 6.45) is 8.63. The highest BCUT2D eigenvalue weighted by Crippen LogP contribution is 2.36. The number of carbonyl (C=O) groups excluding carboxylic acids is 1. The van der Waals surface area contributed by atoms with Gasteiger partial charge < -0.3 is 4.90 Å². The first-order valence-electron chi connectivity index (χ1n) is 9.86. The maximum Gasteiger partial charge on any atom is 0.226 e. The van der Waals surface area contributed by atoms with Crippen LogP contribution in [-0.4, -0.2) is 57.2 Å². The van der Waals surface area contributed by atoms with E-state index >= 15 is 0 Å². The summed E-state index contributed by atoms with van der Waals surface area (Å²) in [7, 11) is 3.89. The Labute approximate surface area is 162 Å². The van der Waals surface area contributed by atoms with Crippen molar-refractivity contribution in [1.29, 1.82) is 0 Å². The van der Waals surface area contributed by atoms with Crippen LogP contribution < -0.4 is 0 Å². The summed E-state index contributed by atoms with van der Waals surface area (Å²) in [6.45, 7) is 7.07. The van der Waals surface area contributed by atoms with Crippen LogP contribution in [0.15, 0.2) is 30.7 Å². The van der Waals surface area contributed by atoms with Gasteiger partial charge in [-0.05, 0) is 50.4 Å². The first-order valence-corrected chi connectivity index (χ1v) is 9.86. The van der Waals surface area contributed by atoms with Crippen LogP contribution in [0.3, 0.4) is 0 Å². The number of likely N-dealkylation sites (tertiary alicyclic amines) is 1. The van der Waals surface area contributed by atoms with Crippen LogP contribution in [0.2, 0.25) is 0 Å². The molecule has 0 aliphatic carbocycles. The summed E-state index contributed by atoms with van der Waals surface area (Å²) in [5, 5.41) is 4.37. The second-order valence-electron chi connectivity index (χ2n) is 7.68. The van der Waals surface area contributed by atoms with Gasteiger partial charge in [-0.3, -0.25) is 19.4 Å². The molecule has 0 saturated carbocycles.